The Hall–Kier alpha value is -1.62. The van der Waals surface area contributed by atoms with E-state index in [2.05, 4.69) is 25.9 Å². The van der Waals surface area contributed by atoms with Crippen molar-refractivity contribution in [3.05, 3.63) is 41.5 Å². The number of rotatable bonds is 1. The third-order valence-corrected chi connectivity index (χ3v) is 2.86. The normalized spacial score (nSPS) is 11.0. The predicted molar refractivity (Wildman–Crippen MR) is 58.4 cm³/mol. The molecular weight excluding hydrogens is 258 g/mol. The summed E-state index contributed by atoms with van der Waals surface area (Å²) in [6.07, 6.45) is 5.23. The van der Waals surface area contributed by atoms with Gasteiger partial charge in [-0.3, -0.25) is 4.40 Å². The van der Waals surface area contributed by atoms with Crippen LogP contribution >= 0.6 is 15.9 Å². The first-order valence-electron chi connectivity index (χ1n) is 4.39. The fraction of sp³-hybridized carbons (Fsp3) is 0. The Morgan fingerprint density at radius 1 is 1.33 bits per heavy atom. The Kier molecular flexibility index (Phi) is 1.85. The molecule has 0 radical (unpaired) electrons. The van der Waals surface area contributed by atoms with E-state index in [1.165, 1.54) is 0 Å². The molecule has 3 rings (SSSR count). The van der Waals surface area contributed by atoms with Crippen LogP contribution in [0.3, 0.4) is 0 Å². The van der Waals surface area contributed by atoms with Crippen molar-refractivity contribution in [3.8, 4) is 11.5 Å². The fourth-order valence-electron chi connectivity index (χ4n) is 1.43. The minimum absolute atomic E-state index is 0.649. The minimum Gasteiger partial charge on any atom is -0.463 e. The Labute approximate surface area is 93.7 Å². The van der Waals surface area contributed by atoms with E-state index >= 15 is 0 Å². The first kappa shape index (κ1) is 8.67. The molecule has 0 bridgehead atoms. The summed E-state index contributed by atoms with van der Waals surface area (Å²) >= 11 is 3.47. The van der Waals surface area contributed by atoms with Crippen molar-refractivity contribution in [2.24, 2.45) is 0 Å². The number of halogens is 1. The van der Waals surface area contributed by atoms with Gasteiger partial charge in [0.05, 0.1) is 6.26 Å². The summed E-state index contributed by atoms with van der Waals surface area (Å²) < 4.78 is 8.00. The number of hydrogen-bond donors (Lipinski definition) is 0. The second kappa shape index (κ2) is 3.20. The molecule has 0 aromatic carbocycles. The van der Waals surface area contributed by atoms with E-state index in [1.54, 1.807) is 12.5 Å². The summed E-state index contributed by atoms with van der Waals surface area (Å²) in [5, 5.41) is 0. The Bertz CT molecular complexity index is 600. The van der Waals surface area contributed by atoms with Gasteiger partial charge < -0.3 is 4.42 Å². The highest BCUT2D eigenvalue weighted by Crippen LogP contribution is 2.27. The van der Waals surface area contributed by atoms with E-state index in [4.69, 9.17) is 4.42 Å². The molecule has 3 aromatic heterocycles. The molecule has 0 N–H and O–H groups in total. The van der Waals surface area contributed by atoms with Gasteiger partial charge in [-0.05, 0) is 34.1 Å². The molecule has 15 heavy (non-hydrogen) atoms. The molecule has 74 valence electrons. The molecule has 0 saturated heterocycles. The summed E-state index contributed by atoms with van der Waals surface area (Å²) in [5.41, 5.74) is 0.763. The van der Waals surface area contributed by atoms with Crippen molar-refractivity contribution in [2.45, 2.75) is 0 Å². The van der Waals surface area contributed by atoms with E-state index in [-0.39, 0.29) is 0 Å². The summed E-state index contributed by atoms with van der Waals surface area (Å²) in [5.74, 6) is 1.38. The van der Waals surface area contributed by atoms with Gasteiger partial charge in [0.25, 0.3) is 0 Å². The molecular formula is C10H6BrN3O. The SMILES string of the molecule is Brc1c(-c2ccco2)nc2ncccn12. The molecule has 0 unspecified atom stereocenters. The molecule has 5 heteroatoms. The van der Waals surface area contributed by atoms with Crippen molar-refractivity contribution in [2.75, 3.05) is 0 Å². The Morgan fingerprint density at radius 2 is 2.27 bits per heavy atom. The largest absolute Gasteiger partial charge is 0.463 e. The molecule has 0 fully saturated rings. The molecule has 4 nitrogen and oxygen atoms in total. The number of nitrogens with zero attached hydrogens (tertiary/aromatic N) is 3. The van der Waals surface area contributed by atoms with Crippen LogP contribution in [0.2, 0.25) is 0 Å². The average Bonchev–Trinajstić information content (AvgIpc) is 2.87. The van der Waals surface area contributed by atoms with E-state index in [0.29, 0.717) is 5.78 Å². The zero-order valence-electron chi connectivity index (χ0n) is 7.59. The summed E-state index contributed by atoms with van der Waals surface area (Å²) in [6, 6.07) is 5.55. The Morgan fingerprint density at radius 3 is 3.00 bits per heavy atom. The summed E-state index contributed by atoms with van der Waals surface area (Å²) in [6.45, 7) is 0. The lowest BCUT2D eigenvalue weighted by Crippen LogP contribution is -1.85. The van der Waals surface area contributed by atoms with Crippen LogP contribution < -0.4 is 0 Å². The number of fused-ring (bicyclic) bond motifs is 1. The van der Waals surface area contributed by atoms with Gasteiger partial charge in [-0.15, -0.1) is 0 Å². The number of furan rings is 1. The highest BCUT2D eigenvalue weighted by Gasteiger charge is 2.13. The van der Waals surface area contributed by atoms with Crippen molar-refractivity contribution in [3.63, 3.8) is 0 Å². The van der Waals surface area contributed by atoms with Crippen LogP contribution in [0.4, 0.5) is 0 Å². The zero-order valence-corrected chi connectivity index (χ0v) is 9.18. The van der Waals surface area contributed by atoms with Gasteiger partial charge in [0, 0.05) is 12.4 Å². The maximum Gasteiger partial charge on any atom is 0.235 e. The molecule has 0 aliphatic heterocycles. The lowest BCUT2D eigenvalue weighted by atomic mass is 10.4. The zero-order chi connectivity index (χ0) is 10.3. The molecule has 0 spiro atoms. The van der Waals surface area contributed by atoms with Crippen molar-refractivity contribution in [1.82, 2.24) is 14.4 Å². The number of aromatic nitrogens is 3. The number of imidazole rings is 1. The maximum absolute atomic E-state index is 5.30. The van der Waals surface area contributed by atoms with Crippen molar-refractivity contribution >= 4 is 21.7 Å². The molecule has 0 aliphatic carbocycles. The van der Waals surface area contributed by atoms with Crippen LogP contribution in [0.5, 0.6) is 0 Å². The van der Waals surface area contributed by atoms with Gasteiger partial charge in [-0.2, -0.15) is 0 Å². The molecule has 3 aromatic rings. The second-order valence-electron chi connectivity index (χ2n) is 3.02. The van der Waals surface area contributed by atoms with Gasteiger partial charge in [-0.25, -0.2) is 9.97 Å². The quantitative estimate of drug-likeness (QED) is 0.678. The van der Waals surface area contributed by atoms with Gasteiger partial charge in [-0.1, -0.05) is 0 Å². The molecule has 0 amide bonds. The maximum atomic E-state index is 5.30. The Balaban J connectivity index is 2.33. The summed E-state index contributed by atoms with van der Waals surface area (Å²) in [7, 11) is 0. The topological polar surface area (TPSA) is 43.3 Å². The van der Waals surface area contributed by atoms with Crippen LogP contribution in [0, 0.1) is 0 Å². The lowest BCUT2D eigenvalue weighted by Gasteiger charge is -1.92. The monoisotopic (exact) mass is 263 g/mol. The highest BCUT2D eigenvalue weighted by molar-refractivity contribution is 9.10. The van der Waals surface area contributed by atoms with E-state index in [1.807, 2.05) is 28.8 Å². The predicted octanol–water partition coefficient (Wildman–Crippen LogP) is 2.75. The van der Waals surface area contributed by atoms with Crippen LogP contribution in [0.15, 0.2) is 45.9 Å². The van der Waals surface area contributed by atoms with E-state index in [0.717, 1.165) is 16.1 Å². The van der Waals surface area contributed by atoms with E-state index in [9.17, 15) is 0 Å². The van der Waals surface area contributed by atoms with Crippen molar-refractivity contribution in [1.29, 1.82) is 0 Å². The fourth-order valence-corrected chi connectivity index (χ4v) is 1.99. The first-order valence-corrected chi connectivity index (χ1v) is 5.18. The third kappa shape index (κ3) is 1.27. The lowest BCUT2D eigenvalue weighted by molar-refractivity contribution is 0.580. The molecule has 0 atom stereocenters. The smallest absolute Gasteiger partial charge is 0.235 e. The molecule has 0 saturated carbocycles. The summed E-state index contributed by atoms with van der Waals surface area (Å²) in [4.78, 5) is 8.52. The van der Waals surface area contributed by atoms with Gasteiger partial charge >= 0.3 is 0 Å². The molecule has 0 aliphatic rings. The van der Waals surface area contributed by atoms with Gasteiger partial charge in [0.2, 0.25) is 5.78 Å². The van der Waals surface area contributed by atoms with E-state index < -0.39 is 0 Å². The van der Waals surface area contributed by atoms with Gasteiger partial charge in [0.15, 0.2) is 5.76 Å². The van der Waals surface area contributed by atoms with Crippen LogP contribution in [0.25, 0.3) is 17.2 Å². The van der Waals surface area contributed by atoms with Crippen LogP contribution in [0.1, 0.15) is 0 Å². The average molecular weight is 264 g/mol. The first-order chi connectivity index (χ1) is 7.36. The molecule has 3 heterocycles. The standard InChI is InChI=1S/C10H6BrN3O/c11-9-8(7-3-1-6-15-7)13-10-12-4-2-5-14(9)10/h1-6H. The van der Waals surface area contributed by atoms with Crippen LogP contribution in [-0.4, -0.2) is 14.4 Å². The highest BCUT2D eigenvalue weighted by atomic mass is 79.9. The van der Waals surface area contributed by atoms with Crippen molar-refractivity contribution < 1.29 is 4.42 Å². The van der Waals surface area contributed by atoms with Crippen LogP contribution in [-0.2, 0) is 0 Å². The third-order valence-electron chi connectivity index (χ3n) is 2.10. The van der Waals surface area contributed by atoms with Gasteiger partial charge in [0.1, 0.15) is 10.3 Å². The minimum atomic E-state index is 0.649. The number of hydrogen-bond acceptors (Lipinski definition) is 3. The second-order valence-corrected chi connectivity index (χ2v) is 3.77.